The van der Waals surface area contributed by atoms with Crippen LogP contribution in [0.2, 0.25) is 0 Å². The van der Waals surface area contributed by atoms with Gasteiger partial charge in [-0.3, -0.25) is 0 Å². The Labute approximate surface area is 174 Å². The number of aryl methyl sites for hydroxylation is 1. The van der Waals surface area contributed by atoms with Crippen LogP contribution in [0.1, 0.15) is 34.9 Å². The summed E-state index contributed by atoms with van der Waals surface area (Å²) >= 11 is 0. The standard InChI is InChI=1S/C22H20F6N2O/c23-21(24,25)17-10-4-9-15-16(12-19(22(26,27)28)30-20(15)17)18(31)13-29-11-5-8-14-6-2-1-3-7-14/h1-4,6-7,9-10,12,18,29,31H,5,8,11,13H2. The molecule has 0 fully saturated rings. The van der Waals surface area contributed by atoms with E-state index in [1.54, 1.807) is 0 Å². The molecule has 1 atom stereocenters. The second-order valence-electron chi connectivity index (χ2n) is 7.10. The second-order valence-corrected chi connectivity index (χ2v) is 7.10. The maximum absolute atomic E-state index is 13.3. The Morgan fingerprint density at radius 3 is 2.26 bits per heavy atom. The zero-order valence-electron chi connectivity index (χ0n) is 16.3. The zero-order chi connectivity index (χ0) is 22.6. The number of alkyl halides is 6. The lowest BCUT2D eigenvalue weighted by Crippen LogP contribution is -2.24. The quantitative estimate of drug-likeness (QED) is 0.374. The number of fused-ring (bicyclic) bond motifs is 1. The Morgan fingerprint density at radius 1 is 0.903 bits per heavy atom. The van der Waals surface area contributed by atoms with Gasteiger partial charge in [0.05, 0.1) is 17.2 Å². The molecular weight excluding hydrogens is 422 g/mol. The Morgan fingerprint density at radius 2 is 1.61 bits per heavy atom. The van der Waals surface area contributed by atoms with Gasteiger partial charge in [-0.2, -0.15) is 26.3 Å². The summed E-state index contributed by atoms with van der Waals surface area (Å²) < 4.78 is 79.7. The highest BCUT2D eigenvalue weighted by atomic mass is 19.4. The van der Waals surface area contributed by atoms with Crippen LogP contribution in [0.15, 0.2) is 54.6 Å². The molecular formula is C22H20F6N2O. The molecule has 2 N–H and O–H groups in total. The molecule has 3 aromatic rings. The molecule has 0 aliphatic carbocycles. The van der Waals surface area contributed by atoms with Crippen molar-refractivity contribution in [2.45, 2.75) is 31.3 Å². The predicted octanol–water partition coefficient (Wildman–Crippen LogP) is 5.53. The van der Waals surface area contributed by atoms with Crippen molar-refractivity contribution >= 4 is 10.9 Å². The summed E-state index contributed by atoms with van der Waals surface area (Å²) in [6.45, 7) is 0.371. The number of aliphatic hydroxyl groups excluding tert-OH is 1. The van der Waals surface area contributed by atoms with Gasteiger partial charge < -0.3 is 10.4 Å². The first kappa shape index (κ1) is 23.0. The molecule has 1 heterocycles. The van der Waals surface area contributed by atoms with Gasteiger partial charge in [-0.15, -0.1) is 0 Å². The van der Waals surface area contributed by atoms with Crippen LogP contribution in [-0.2, 0) is 18.8 Å². The molecule has 9 heteroatoms. The van der Waals surface area contributed by atoms with Gasteiger partial charge in [0.2, 0.25) is 0 Å². The van der Waals surface area contributed by atoms with E-state index >= 15 is 0 Å². The zero-order valence-corrected chi connectivity index (χ0v) is 16.3. The lowest BCUT2D eigenvalue weighted by atomic mass is 9.99. The van der Waals surface area contributed by atoms with Crippen molar-refractivity contribution in [3.63, 3.8) is 0 Å². The number of halogens is 6. The number of aliphatic hydroxyl groups is 1. The van der Waals surface area contributed by atoms with Gasteiger partial charge in [-0.05, 0) is 42.6 Å². The van der Waals surface area contributed by atoms with E-state index < -0.39 is 35.2 Å². The minimum absolute atomic E-state index is 0.110. The Bertz CT molecular complexity index is 1020. The highest BCUT2D eigenvalue weighted by Crippen LogP contribution is 2.38. The summed E-state index contributed by atoms with van der Waals surface area (Å²) in [6, 6.07) is 13.3. The Kier molecular flexibility index (Phi) is 6.86. The lowest BCUT2D eigenvalue weighted by Gasteiger charge is -2.19. The summed E-state index contributed by atoms with van der Waals surface area (Å²) in [6.07, 6.45) is -9.78. The number of para-hydroxylation sites is 1. The first-order valence-corrected chi connectivity index (χ1v) is 9.58. The smallest absolute Gasteiger partial charge is 0.387 e. The Hall–Kier alpha value is -2.65. The van der Waals surface area contributed by atoms with E-state index in [1.807, 2.05) is 30.3 Å². The van der Waals surface area contributed by atoms with E-state index in [2.05, 4.69) is 10.3 Å². The van der Waals surface area contributed by atoms with Crippen molar-refractivity contribution in [1.29, 1.82) is 0 Å². The van der Waals surface area contributed by atoms with Gasteiger partial charge in [0.1, 0.15) is 5.69 Å². The third-order valence-electron chi connectivity index (χ3n) is 4.83. The highest BCUT2D eigenvalue weighted by molar-refractivity contribution is 5.86. The van der Waals surface area contributed by atoms with Crippen molar-refractivity contribution < 1.29 is 31.4 Å². The molecule has 3 nitrogen and oxygen atoms in total. The summed E-state index contributed by atoms with van der Waals surface area (Å²) in [5.74, 6) is 0. The van der Waals surface area contributed by atoms with Gasteiger partial charge in [-0.25, -0.2) is 4.98 Å². The molecule has 0 saturated heterocycles. The van der Waals surface area contributed by atoms with Gasteiger partial charge in [0.25, 0.3) is 0 Å². The second kappa shape index (κ2) is 9.23. The summed E-state index contributed by atoms with van der Waals surface area (Å²) in [4.78, 5) is 3.22. The van der Waals surface area contributed by atoms with E-state index in [1.165, 1.54) is 6.07 Å². The van der Waals surface area contributed by atoms with Crippen LogP contribution in [0.4, 0.5) is 26.3 Å². The van der Waals surface area contributed by atoms with Crippen LogP contribution in [0.25, 0.3) is 10.9 Å². The Balaban J connectivity index is 1.81. The first-order valence-electron chi connectivity index (χ1n) is 9.58. The number of rotatable bonds is 7. The monoisotopic (exact) mass is 442 g/mol. The van der Waals surface area contributed by atoms with Crippen molar-refractivity contribution in [2.24, 2.45) is 0 Å². The van der Waals surface area contributed by atoms with E-state index in [9.17, 15) is 31.4 Å². The molecule has 1 unspecified atom stereocenters. The fourth-order valence-electron chi connectivity index (χ4n) is 3.34. The summed E-state index contributed by atoms with van der Waals surface area (Å²) in [7, 11) is 0. The number of hydrogen-bond acceptors (Lipinski definition) is 3. The van der Waals surface area contributed by atoms with Crippen LogP contribution in [0.3, 0.4) is 0 Å². The third-order valence-corrected chi connectivity index (χ3v) is 4.83. The molecule has 0 aliphatic heterocycles. The first-order chi connectivity index (χ1) is 14.6. The van der Waals surface area contributed by atoms with Crippen LogP contribution in [0.5, 0.6) is 0 Å². The van der Waals surface area contributed by atoms with Crippen molar-refractivity contribution in [3.05, 3.63) is 77.0 Å². The fraction of sp³-hybridized carbons (Fsp3) is 0.318. The van der Waals surface area contributed by atoms with E-state index in [0.717, 1.165) is 24.5 Å². The number of nitrogens with one attached hydrogen (secondary N) is 1. The minimum Gasteiger partial charge on any atom is -0.387 e. The maximum Gasteiger partial charge on any atom is 0.433 e. The molecule has 0 spiro atoms. The summed E-state index contributed by atoms with van der Waals surface area (Å²) in [5.41, 5.74) is -2.71. The molecule has 1 aromatic heterocycles. The third kappa shape index (κ3) is 5.74. The van der Waals surface area contributed by atoms with Crippen molar-refractivity contribution in [2.75, 3.05) is 13.1 Å². The molecule has 0 saturated carbocycles. The molecule has 0 radical (unpaired) electrons. The highest BCUT2D eigenvalue weighted by Gasteiger charge is 2.37. The topological polar surface area (TPSA) is 45.1 Å². The molecule has 3 rings (SSSR count). The molecule has 2 aromatic carbocycles. The fourth-order valence-corrected chi connectivity index (χ4v) is 3.34. The van der Waals surface area contributed by atoms with E-state index in [-0.39, 0.29) is 17.5 Å². The average Bonchev–Trinajstić information content (AvgIpc) is 2.71. The SMILES string of the molecule is OC(CNCCCc1ccccc1)c1cc(C(F)(F)F)nc2c(C(F)(F)F)cccc12. The number of benzene rings is 2. The van der Waals surface area contributed by atoms with Gasteiger partial charge >= 0.3 is 12.4 Å². The maximum atomic E-state index is 13.3. The van der Waals surface area contributed by atoms with Crippen LogP contribution < -0.4 is 5.32 Å². The number of hydrogen-bond donors (Lipinski definition) is 2. The molecule has 0 bridgehead atoms. The van der Waals surface area contributed by atoms with Crippen LogP contribution in [-0.4, -0.2) is 23.2 Å². The normalized spacial score (nSPS) is 13.5. The minimum atomic E-state index is -4.95. The van der Waals surface area contributed by atoms with Crippen LogP contribution >= 0.6 is 0 Å². The number of pyridine rings is 1. The van der Waals surface area contributed by atoms with Crippen molar-refractivity contribution in [3.8, 4) is 0 Å². The number of nitrogens with zero attached hydrogens (tertiary/aromatic N) is 1. The van der Waals surface area contributed by atoms with E-state index in [4.69, 9.17) is 0 Å². The van der Waals surface area contributed by atoms with Gasteiger partial charge in [-0.1, -0.05) is 42.5 Å². The molecule has 0 aliphatic rings. The molecule has 31 heavy (non-hydrogen) atoms. The van der Waals surface area contributed by atoms with Crippen molar-refractivity contribution in [1.82, 2.24) is 10.3 Å². The largest absolute Gasteiger partial charge is 0.433 e. The number of aromatic nitrogens is 1. The lowest BCUT2D eigenvalue weighted by molar-refractivity contribution is -0.142. The summed E-state index contributed by atoms with van der Waals surface area (Å²) in [5, 5.41) is 13.3. The van der Waals surface area contributed by atoms with Gasteiger partial charge in [0, 0.05) is 11.9 Å². The molecule has 166 valence electrons. The van der Waals surface area contributed by atoms with Crippen LogP contribution in [0, 0.1) is 0 Å². The average molecular weight is 442 g/mol. The van der Waals surface area contributed by atoms with E-state index in [0.29, 0.717) is 18.7 Å². The molecule has 0 amide bonds. The predicted molar refractivity (Wildman–Crippen MR) is 104 cm³/mol. The van der Waals surface area contributed by atoms with Gasteiger partial charge in [0.15, 0.2) is 0 Å².